The fraction of sp³-hybridized carbons (Fsp3) is 0.211. The van der Waals surface area contributed by atoms with Gasteiger partial charge >= 0.3 is 0 Å². The van der Waals surface area contributed by atoms with Crippen molar-refractivity contribution in [1.29, 1.82) is 0 Å². The molecule has 0 bridgehead atoms. The number of carbonyl (C=O) groups excluding carboxylic acids is 2. The molecule has 0 unspecified atom stereocenters. The van der Waals surface area contributed by atoms with Crippen LogP contribution in [0.3, 0.4) is 0 Å². The van der Waals surface area contributed by atoms with E-state index in [1.54, 1.807) is 30.1 Å². The van der Waals surface area contributed by atoms with Gasteiger partial charge in [-0.25, -0.2) is 0 Å². The van der Waals surface area contributed by atoms with Gasteiger partial charge in [0.1, 0.15) is 0 Å². The van der Waals surface area contributed by atoms with E-state index in [1.807, 2.05) is 36.4 Å². The van der Waals surface area contributed by atoms with Gasteiger partial charge in [0.15, 0.2) is 5.11 Å². The number of anilines is 1. The number of nitrogens with one attached hydrogen (secondary N) is 2. The molecule has 0 aliphatic rings. The van der Waals surface area contributed by atoms with Crippen LogP contribution in [0, 0.1) is 0 Å². The fourth-order valence-electron chi connectivity index (χ4n) is 2.36. The Labute approximate surface area is 153 Å². The van der Waals surface area contributed by atoms with E-state index >= 15 is 0 Å². The predicted octanol–water partition coefficient (Wildman–Crippen LogP) is 2.52. The highest BCUT2D eigenvalue weighted by molar-refractivity contribution is 7.80. The maximum Gasteiger partial charge on any atom is 0.253 e. The summed E-state index contributed by atoms with van der Waals surface area (Å²) in [7, 11) is 1.72. The topological polar surface area (TPSA) is 61.4 Å². The van der Waals surface area contributed by atoms with Crippen LogP contribution >= 0.6 is 12.2 Å². The minimum atomic E-state index is -0.248. The van der Waals surface area contributed by atoms with E-state index in [-0.39, 0.29) is 16.9 Å². The molecule has 0 heterocycles. The monoisotopic (exact) mass is 355 g/mol. The second-order valence-corrected chi connectivity index (χ2v) is 5.94. The van der Waals surface area contributed by atoms with Gasteiger partial charge in [0.25, 0.3) is 5.91 Å². The van der Waals surface area contributed by atoms with E-state index in [9.17, 15) is 9.59 Å². The largest absolute Gasteiger partial charge is 0.352 e. The molecule has 0 aliphatic heterocycles. The summed E-state index contributed by atoms with van der Waals surface area (Å²) in [5.74, 6) is -0.425. The van der Waals surface area contributed by atoms with Crippen LogP contribution in [0.5, 0.6) is 0 Å². The molecule has 25 heavy (non-hydrogen) atoms. The van der Waals surface area contributed by atoms with E-state index in [4.69, 9.17) is 12.2 Å². The highest BCUT2D eigenvalue weighted by Crippen LogP contribution is 2.19. The molecule has 0 saturated carbocycles. The Morgan fingerprint density at radius 1 is 1.04 bits per heavy atom. The molecule has 2 rings (SSSR count). The summed E-state index contributed by atoms with van der Waals surface area (Å²) in [5.41, 5.74) is 2.31. The minimum Gasteiger partial charge on any atom is -0.352 e. The summed E-state index contributed by atoms with van der Waals surface area (Å²) in [6.07, 6.45) is 0.759. The molecule has 0 fully saturated rings. The smallest absolute Gasteiger partial charge is 0.253 e. The molecule has 6 heteroatoms. The van der Waals surface area contributed by atoms with Crippen molar-refractivity contribution in [3.05, 3.63) is 65.7 Å². The number of benzene rings is 2. The number of hydrogen-bond acceptors (Lipinski definition) is 3. The predicted molar refractivity (Wildman–Crippen MR) is 104 cm³/mol. The quantitative estimate of drug-likeness (QED) is 0.809. The molecule has 2 amide bonds. The SMILES string of the molecule is CC(=O)NC(=S)N(C)c1ccccc1C(=O)NCCc1ccccc1. The Morgan fingerprint density at radius 2 is 1.68 bits per heavy atom. The maximum absolute atomic E-state index is 12.5. The lowest BCUT2D eigenvalue weighted by Crippen LogP contribution is -2.40. The molecule has 5 nitrogen and oxygen atoms in total. The van der Waals surface area contributed by atoms with Gasteiger partial charge in [0, 0.05) is 20.5 Å². The Bertz CT molecular complexity index is 762. The second-order valence-electron chi connectivity index (χ2n) is 5.55. The highest BCUT2D eigenvalue weighted by atomic mass is 32.1. The summed E-state index contributed by atoms with van der Waals surface area (Å²) >= 11 is 5.19. The third-order valence-corrected chi connectivity index (χ3v) is 4.02. The number of nitrogens with zero attached hydrogens (tertiary/aromatic N) is 1. The lowest BCUT2D eigenvalue weighted by molar-refractivity contribution is -0.117. The molecule has 130 valence electrons. The van der Waals surface area contributed by atoms with Crippen molar-refractivity contribution >= 4 is 34.8 Å². The van der Waals surface area contributed by atoms with Crippen LogP contribution in [0.2, 0.25) is 0 Å². The van der Waals surface area contributed by atoms with E-state index in [1.165, 1.54) is 12.5 Å². The molecule has 0 aliphatic carbocycles. The van der Waals surface area contributed by atoms with Gasteiger partial charge in [0.05, 0.1) is 11.3 Å². The van der Waals surface area contributed by atoms with Gasteiger partial charge in [-0.3, -0.25) is 9.59 Å². The van der Waals surface area contributed by atoms with Gasteiger partial charge in [0.2, 0.25) is 5.91 Å². The normalized spacial score (nSPS) is 10.0. The number of rotatable bonds is 5. The van der Waals surface area contributed by atoms with Crippen molar-refractivity contribution in [2.24, 2.45) is 0 Å². The molecular formula is C19H21N3O2S. The fourth-order valence-corrected chi connectivity index (χ4v) is 2.60. The van der Waals surface area contributed by atoms with E-state index in [0.717, 1.165) is 6.42 Å². The average Bonchev–Trinajstić information content (AvgIpc) is 2.61. The number of para-hydroxylation sites is 1. The van der Waals surface area contributed by atoms with Crippen LogP contribution in [0.4, 0.5) is 5.69 Å². The van der Waals surface area contributed by atoms with Crippen LogP contribution in [0.25, 0.3) is 0 Å². The Hall–Kier alpha value is -2.73. The first-order valence-electron chi connectivity index (χ1n) is 7.95. The standard InChI is InChI=1S/C19H21N3O2S/c1-14(23)21-19(25)22(2)17-11-7-6-10-16(17)18(24)20-13-12-15-8-4-3-5-9-15/h3-11H,12-13H2,1-2H3,(H,20,24)(H,21,23,25). The van der Waals surface area contributed by atoms with Crippen LogP contribution in [0.1, 0.15) is 22.8 Å². The Morgan fingerprint density at radius 3 is 2.36 bits per heavy atom. The van der Waals surface area contributed by atoms with E-state index in [0.29, 0.717) is 17.8 Å². The van der Waals surface area contributed by atoms with Gasteiger partial charge in [-0.05, 0) is 36.3 Å². The van der Waals surface area contributed by atoms with Crippen molar-refractivity contribution in [1.82, 2.24) is 10.6 Å². The van der Waals surface area contributed by atoms with Crippen molar-refractivity contribution < 1.29 is 9.59 Å². The van der Waals surface area contributed by atoms with Crippen molar-refractivity contribution in [2.45, 2.75) is 13.3 Å². The van der Waals surface area contributed by atoms with Gasteiger partial charge < -0.3 is 15.5 Å². The molecule has 0 aromatic heterocycles. The zero-order valence-electron chi connectivity index (χ0n) is 14.3. The number of thiocarbonyl (C=S) groups is 1. The van der Waals surface area contributed by atoms with E-state index in [2.05, 4.69) is 10.6 Å². The van der Waals surface area contributed by atoms with Crippen LogP contribution < -0.4 is 15.5 Å². The average molecular weight is 355 g/mol. The van der Waals surface area contributed by atoms with Crippen LogP contribution in [-0.4, -0.2) is 30.5 Å². The molecule has 2 aromatic carbocycles. The summed E-state index contributed by atoms with van der Waals surface area (Å²) in [4.78, 5) is 25.3. The van der Waals surface area contributed by atoms with Crippen LogP contribution in [-0.2, 0) is 11.2 Å². The lowest BCUT2D eigenvalue weighted by Gasteiger charge is -2.22. The zero-order chi connectivity index (χ0) is 18.2. The summed E-state index contributed by atoms with van der Waals surface area (Å²) < 4.78 is 0. The van der Waals surface area contributed by atoms with Gasteiger partial charge in [-0.1, -0.05) is 42.5 Å². The van der Waals surface area contributed by atoms with Gasteiger partial charge in [-0.15, -0.1) is 0 Å². The van der Waals surface area contributed by atoms with E-state index < -0.39 is 0 Å². The molecule has 0 atom stereocenters. The summed E-state index contributed by atoms with van der Waals surface area (Å²) in [5, 5.41) is 5.73. The number of amides is 2. The molecule has 2 N–H and O–H groups in total. The first-order valence-corrected chi connectivity index (χ1v) is 8.36. The first kappa shape index (κ1) is 18.6. The van der Waals surface area contributed by atoms with Crippen LogP contribution in [0.15, 0.2) is 54.6 Å². The Kier molecular flexibility index (Phi) is 6.65. The number of carbonyl (C=O) groups is 2. The molecule has 2 aromatic rings. The highest BCUT2D eigenvalue weighted by Gasteiger charge is 2.16. The van der Waals surface area contributed by atoms with Crippen molar-refractivity contribution in [3.63, 3.8) is 0 Å². The second kappa shape index (κ2) is 8.94. The molecule has 0 saturated heterocycles. The summed E-state index contributed by atoms with van der Waals surface area (Å²) in [6.45, 7) is 1.93. The lowest BCUT2D eigenvalue weighted by atomic mass is 10.1. The van der Waals surface area contributed by atoms with Crippen molar-refractivity contribution in [3.8, 4) is 0 Å². The van der Waals surface area contributed by atoms with Crippen molar-refractivity contribution in [2.75, 3.05) is 18.5 Å². The third-order valence-electron chi connectivity index (χ3n) is 3.64. The first-order chi connectivity index (χ1) is 12.0. The Balaban J connectivity index is 2.04. The molecule has 0 spiro atoms. The third kappa shape index (κ3) is 5.39. The zero-order valence-corrected chi connectivity index (χ0v) is 15.1. The molecular weight excluding hydrogens is 334 g/mol. The maximum atomic E-state index is 12.5. The number of hydrogen-bond donors (Lipinski definition) is 2. The molecule has 0 radical (unpaired) electrons. The van der Waals surface area contributed by atoms with Gasteiger partial charge in [-0.2, -0.15) is 0 Å². The minimum absolute atomic E-state index is 0.177. The summed E-state index contributed by atoms with van der Waals surface area (Å²) in [6, 6.07) is 17.1.